The fraction of sp³-hybridized carbons (Fsp3) is 0.211. The van der Waals surface area contributed by atoms with Crippen molar-refractivity contribution in [3.8, 4) is 0 Å². The summed E-state index contributed by atoms with van der Waals surface area (Å²) < 4.78 is 12.9. The van der Waals surface area contributed by atoms with E-state index in [2.05, 4.69) is 22.9 Å². The molecule has 0 fully saturated rings. The van der Waals surface area contributed by atoms with E-state index in [1.165, 1.54) is 24.3 Å². The van der Waals surface area contributed by atoms with Crippen LogP contribution in [0.1, 0.15) is 40.5 Å². The van der Waals surface area contributed by atoms with Gasteiger partial charge in [0.05, 0.1) is 0 Å². The molecule has 0 aliphatic carbocycles. The van der Waals surface area contributed by atoms with E-state index in [0.717, 1.165) is 12.8 Å². The van der Waals surface area contributed by atoms with E-state index in [4.69, 9.17) is 12.2 Å². The molecular formula is C19H20FN3O2S. The second-order valence-corrected chi connectivity index (χ2v) is 6.01. The highest BCUT2D eigenvalue weighted by molar-refractivity contribution is 7.80. The van der Waals surface area contributed by atoms with Crippen LogP contribution in [0.2, 0.25) is 0 Å². The van der Waals surface area contributed by atoms with Gasteiger partial charge < -0.3 is 10.6 Å². The monoisotopic (exact) mass is 373 g/mol. The fourth-order valence-corrected chi connectivity index (χ4v) is 2.37. The zero-order chi connectivity index (χ0) is 18.9. The number of carbonyl (C=O) groups is 2. The third-order valence-electron chi connectivity index (χ3n) is 3.53. The van der Waals surface area contributed by atoms with Gasteiger partial charge in [-0.05, 0) is 61.1 Å². The van der Waals surface area contributed by atoms with E-state index in [9.17, 15) is 14.0 Å². The number of halogens is 1. The zero-order valence-electron chi connectivity index (χ0n) is 14.3. The van der Waals surface area contributed by atoms with E-state index in [0.29, 0.717) is 23.4 Å². The van der Waals surface area contributed by atoms with Crippen molar-refractivity contribution in [2.24, 2.45) is 0 Å². The van der Waals surface area contributed by atoms with Crippen molar-refractivity contribution in [2.45, 2.75) is 19.8 Å². The van der Waals surface area contributed by atoms with Crippen molar-refractivity contribution in [2.75, 3.05) is 11.9 Å². The van der Waals surface area contributed by atoms with Gasteiger partial charge in [0.15, 0.2) is 5.11 Å². The molecule has 2 aromatic carbocycles. The first-order chi connectivity index (χ1) is 12.5. The van der Waals surface area contributed by atoms with Crippen LogP contribution in [0.4, 0.5) is 10.1 Å². The molecule has 26 heavy (non-hydrogen) atoms. The van der Waals surface area contributed by atoms with Gasteiger partial charge in [0.1, 0.15) is 5.82 Å². The molecule has 0 aliphatic rings. The van der Waals surface area contributed by atoms with E-state index in [1.54, 1.807) is 24.3 Å². The van der Waals surface area contributed by atoms with Crippen molar-refractivity contribution in [3.05, 3.63) is 65.5 Å². The van der Waals surface area contributed by atoms with Crippen LogP contribution in [0.25, 0.3) is 0 Å². The number of benzene rings is 2. The molecule has 0 heterocycles. The van der Waals surface area contributed by atoms with Crippen LogP contribution >= 0.6 is 12.2 Å². The number of nitrogens with one attached hydrogen (secondary N) is 3. The fourth-order valence-electron chi connectivity index (χ4n) is 2.16. The SMILES string of the molecule is CCCCNC(=O)c1cccc(NC(=S)NC(=O)c2ccc(F)cc2)c1. The molecule has 3 N–H and O–H groups in total. The molecule has 0 saturated carbocycles. The third kappa shape index (κ3) is 5.93. The van der Waals surface area contributed by atoms with Crippen LogP contribution in [0.3, 0.4) is 0 Å². The number of thiocarbonyl (C=S) groups is 1. The van der Waals surface area contributed by atoms with E-state index in [-0.39, 0.29) is 11.0 Å². The quantitative estimate of drug-likeness (QED) is 0.536. The Morgan fingerprint density at radius 1 is 1.04 bits per heavy atom. The average Bonchev–Trinajstić information content (AvgIpc) is 2.62. The molecule has 0 radical (unpaired) electrons. The van der Waals surface area contributed by atoms with Crippen molar-refractivity contribution in [1.82, 2.24) is 10.6 Å². The lowest BCUT2D eigenvalue weighted by Gasteiger charge is -2.11. The first kappa shape index (κ1) is 19.5. The van der Waals surface area contributed by atoms with E-state index >= 15 is 0 Å². The van der Waals surface area contributed by atoms with Gasteiger partial charge in [-0.2, -0.15) is 0 Å². The Balaban J connectivity index is 1.94. The molecule has 2 amide bonds. The number of anilines is 1. The van der Waals surface area contributed by atoms with Crippen LogP contribution < -0.4 is 16.0 Å². The van der Waals surface area contributed by atoms with E-state index in [1.807, 2.05) is 0 Å². The first-order valence-corrected chi connectivity index (χ1v) is 8.66. The maximum Gasteiger partial charge on any atom is 0.257 e. The summed E-state index contributed by atoms with van der Waals surface area (Å²) in [7, 11) is 0. The highest BCUT2D eigenvalue weighted by Crippen LogP contribution is 2.11. The topological polar surface area (TPSA) is 70.2 Å². The Labute approximate surface area is 157 Å². The summed E-state index contributed by atoms with van der Waals surface area (Å²) in [5.41, 5.74) is 1.37. The van der Waals surface area contributed by atoms with Crippen molar-refractivity contribution in [3.63, 3.8) is 0 Å². The summed E-state index contributed by atoms with van der Waals surface area (Å²) >= 11 is 5.12. The lowest BCUT2D eigenvalue weighted by atomic mass is 10.2. The zero-order valence-corrected chi connectivity index (χ0v) is 15.2. The second kappa shape index (κ2) is 9.62. The molecule has 2 aromatic rings. The van der Waals surface area contributed by atoms with Crippen LogP contribution in [-0.4, -0.2) is 23.5 Å². The summed E-state index contributed by atoms with van der Waals surface area (Å²) in [5, 5.41) is 8.30. The lowest BCUT2D eigenvalue weighted by Crippen LogP contribution is -2.34. The molecule has 0 atom stereocenters. The van der Waals surface area contributed by atoms with Gasteiger partial charge in [-0.3, -0.25) is 14.9 Å². The van der Waals surface area contributed by atoms with Gasteiger partial charge >= 0.3 is 0 Å². The van der Waals surface area contributed by atoms with E-state index < -0.39 is 11.7 Å². The molecule has 136 valence electrons. The molecule has 0 aliphatic heterocycles. The molecule has 0 saturated heterocycles. The molecule has 0 bridgehead atoms. The average molecular weight is 373 g/mol. The summed E-state index contributed by atoms with van der Waals surface area (Å²) in [6.07, 6.45) is 1.92. The van der Waals surface area contributed by atoms with Gasteiger partial charge in [-0.15, -0.1) is 0 Å². The van der Waals surface area contributed by atoms with Crippen LogP contribution in [-0.2, 0) is 0 Å². The minimum Gasteiger partial charge on any atom is -0.352 e. The van der Waals surface area contributed by atoms with Gasteiger partial charge in [0, 0.05) is 23.4 Å². The highest BCUT2D eigenvalue weighted by Gasteiger charge is 2.09. The Bertz CT molecular complexity index is 794. The summed E-state index contributed by atoms with van der Waals surface area (Å²) in [6.45, 7) is 2.68. The predicted molar refractivity (Wildman–Crippen MR) is 104 cm³/mol. The number of rotatable bonds is 6. The molecular weight excluding hydrogens is 353 g/mol. The lowest BCUT2D eigenvalue weighted by molar-refractivity contribution is 0.0950. The molecule has 0 spiro atoms. The first-order valence-electron chi connectivity index (χ1n) is 8.25. The minimum atomic E-state index is -0.448. The summed E-state index contributed by atoms with van der Waals surface area (Å²) in [4.78, 5) is 24.1. The molecule has 2 rings (SSSR count). The largest absolute Gasteiger partial charge is 0.352 e. The standard InChI is InChI=1S/C19H20FN3O2S/c1-2-3-11-21-17(24)14-5-4-6-16(12-14)22-19(26)23-18(25)13-7-9-15(20)10-8-13/h4-10,12H,2-3,11H2,1H3,(H,21,24)(H2,22,23,25,26). The molecule has 0 unspecified atom stereocenters. The number of carbonyl (C=O) groups excluding carboxylic acids is 2. The molecule has 7 heteroatoms. The number of hydrogen-bond acceptors (Lipinski definition) is 3. The Morgan fingerprint density at radius 3 is 2.46 bits per heavy atom. The Kier molecular flexibility index (Phi) is 7.23. The van der Waals surface area contributed by atoms with Crippen LogP contribution in [0, 0.1) is 5.82 Å². The second-order valence-electron chi connectivity index (χ2n) is 5.61. The third-order valence-corrected chi connectivity index (χ3v) is 3.74. The van der Waals surface area contributed by atoms with Gasteiger partial charge in [-0.1, -0.05) is 19.4 Å². The number of hydrogen-bond donors (Lipinski definition) is 3. The Hall–Kier alpha value is -2.80. The number of amides is 2. The van der Waals surface area contributed by atoms with Crippen molar-refractivity contribution >= 4 is 34.8 Å². The predicted octanol–water partition coefficient (Wildman–Crippen LogP) is 3.48. The van der Waals surface area contributed by atoms with Crippen molar-refractivity contribution in [1.29, 1.82) is 0 Å². The van der Waals surface area contributed by atoms with Gasteiger partial charge in [0.25, 0.3) is 11.8 Å². The van der Waals surface area contributed by atoms with Crippen LogP contribution in [0.5, 0.6) is 0 Å². The normalized spacial score (nSPS) is 10.1. The van der Waals surface area contributed by atoms with Gasteiger partial charge in [0.2, 0.25) is 0 Å². The summed E-state index contributed by atoms with van der Waals surface area (Å²) in [5.74, 6) is -1.03. The minimum absolute atomic E-state index is 0.0860. The maximum atomic E-state index is 12.9. The molecule has 5 nitrogen and oxygen atoms in total. The highest BCUT2D eigenvalue weighted by atomic mass is 32.1. The van der Waals surface area contributed by atoms with Crippen molar-refractivity contribution < 1.29 is 14.0 Å². The smallest absolute Gasteiger partial charge is 0.257 e. The summed E-state index contributed by atoms with van der Waals surface area (Å²) in [6, 6.07) is 12.0. The van der Waals surface area contributed by atoms with Crippen LogP contribution in [0.15, 0.2) is 48.5 Å². The Morgan fingerprint density at radius 2 is 1.77 bits per heavy atom. The molecule has 0 aromatic heterocycles. The van der Waals surface area contributed by atoms with Gasteiger partial charge in [-0.25, -0.2) is 4.39 Å². The number of unbranched alkanes of at least 4 members (excludes halogenated alkanes) is 1. The maximum absolute atomic E-state index is 12.9.